The number of nitrogens with zero attached hydrogens (tertiary/aromatic N) is 1. The number of aliphatic hydroxyl groups is 1. The Morgan fingerprint density at radius 3 is 2.50 bits per heavy atom. The van der Waals surface area contributed by atoms with E-state index < -0.39 is 5.60 Å². The van der Waals surface area contributed by atoms with Crippen LogP contribution in [0.1, 0.15) is 31.4 Å². The van der Waals surface area contributed by atoms with Gasteiger partial charge in [0.25, 0.3) is 0 Å². The molecule has 0 saturated heterocycles. The van der Waals surface area contributed by atoms with E-state index in [1.807, 2.05) is 18.2 Å². The van der Waals surface area contributed by atoms with Crippen molar-refractivity contribution in [2.75, 3.05) is 0 Å². The monoisotopic (exact) mass is 189 g/mol. The first-order valence-corrected chi connectivity index (χ1v) is 5.47. The highest BCUT2D eigenvalue weighted by Gasteiger charge is 2.65. The van der Waals surface area contributed by atoms with E-state index in [1.54, 1.807) is 6.20 Å². The van der Waals surface area contributed by atoms with Gasteiger partial charge in [0.1, 0.15) is 5.60 Å². The number of rotatable bonds is 1. The number of pyridine rings is 1. The van der Waals surface area contributed by atoms with Crippen LogP contribution in [0, 0.1) is 11.8 Å². The van der Waals surface area contributed by atoms with Gasteiger partial charge in [0.15, 0.2) is 0 Å². The topological polar surface area (TPSA) is 33.1 Å². The fourth-order valence-electron chi connectivity index (χ4n) is 3.07. The predicted molar refractivity (Wildman–Crippen MR) is 53.6 cm³/mol. The Kier molecular flexibility index (Phi) is 1.68. The summed E-state index contributed by atoms with van der Waals surface area (Å²) in [4.78, 5) is 4.29. The molecule has 1 N–H and O–H groups in total. The Morgan fingerprint density at radius 1 is 1.21 bits per heavy atom. The van der Waals surface area contributed by atoms with Crippen LogP contribution in [-0.4, -0.2) is 10.1 Å². The van der Waals surface area contributed by atoms with Gasteiger partial charge in [0, 0.05) is 6.20 Å². The molecule has 0 amide bonds. The summed E-state index contributed by atoms with van der Waals surface area (Å²) in [6.07, 6.45) is 6.68. The zero-order chi connectivity index (χ0) is 9.60. The number of hydrogen-bond donors (Lipinski definition) is 1. The van der Waals surface area contributed by atoms with Crippen LogP contribution in [0.3, 0.4) is 0 Å². The summed E-state index contributed by atoms with van der Waals surface area (Å²) in [5.74, 6) is 0.984. The van der Waals surface area contributed by atoms with E-state index in [1.165, 1.54) is 25.7 Å². The molecular weight excluding hydrogens is 174 g/mol. The van der Waals surface area contributed by atoms with E-state index in [4.69, 9.17) is 0 Å². The average Bonchev–Trinajstić information content (AvgIpc) is 2.89. The Bertz CT molecular complexity index is 323. The first-order chi connectivity index (χ1) is 6.83. The molecule has 0 spiro atoms. The van der Waals surface area contributed by atoms with Gasteiger partial charge in [-0.15, -0.1) is 0 Å². The first-order valence-electron chi connectivity index (χ1n) is 5.47. The molecule has 2 atom stereocenters. The Labute approximate surface area is 84.0 Å². The van der Waals surface area contributed by atoms with Gasteiger partial charge in [-0.2, -0.15) is 0 Å². The van der Waals surface area contributed by atoms with Gasteiger partial charge in [-0.25, -0.2) is 0 Å². The highest BCUT2D eigenvalue weighted by Crippen LogP contribution is 2.63. The summed E-state index contributed by atoms with van der Waals surface area (Å²) in [6, 6.07) is 5.82. The molecule has 2 saturated carbocycles. The van der Waals surface area contributed by atoms with E-state index in [-0.39, 0.29) is 0 Å². The Morgan fingerprint density at radius 2 is 1.93 bits per heavy atom. The van der Waals surface area contributed by atoms with Crippen LogP contribution in [0.4, 0.5) is 0 Å². The van der Waals surface area contributed by atoms with Crippen LogP contribution in [-0.2, 0) is 5.60 Å². The fraction of sp³-hybridized carbons (Fsp3) is 0.583. The second-order valence-electron chi connectivity index (χ2n) is 4.54. The smallest absolute Gasteiger partial charge is 0.113 e. The third-order valence-corrected chi connectivity index (χ3v) is 3.86. The lowest BCUT2D eigenvalue weighted by Crippen LogP contribution is -2.11. The average molecular weight is 189 g/mol. The van der Waals surface area contributed by atoms with Crippen molar-refractivity contribution in [3.05, 3.63) is 30.1 Å². The van der Waals surface area contributed by atoms with Crippen molar-refractivity contribution in [3.8, 4) is 0 Å². The minimum Gasteiger partial charge on any atom is -0.383 e. The van der Waals surface area contributed by atoms with Crippen molar-refractivity contribution in [3.63, 3.8) is 0 Å². The van der Waals surface area contributed by atoms with Gasteiger partial charge in [-0.3, -0.25) is 4.98 Å². The lowest BCUT2D eigenvalue weighted by Gasteiger charge is -2.08. The SMILES string of the molecule is OC1(c2ccccn2)C2CCCCC21. The molecule has 3 rings (SSSR count). The van der Waals surface area contributed by atoms with Crippen molar-refractivity contribution in [1.82, 2.24) is 4.98 Å². The van der Waals surface area contributed by atoms with Crippen LogP contribution in [0.2, 0.25) is 0 Å². The molecular formula is C12H15NO. The van der Waals surface area contributed by atoms with E-state index >= 15 is 0 Å². The molecule has 2 fully saturated rings. The van der Waals surface area contributed by atoms with Crippen molar-refractivity contribution in [1.29, 1.82) is 0 Å². The van der Waals surface area contributed by atoms with E-state index in [0.29, 0.717) is 11.8 Å². The number of aromatic nitrogens is 1. The molecule has 1 aromatic rings. The van der Waals surface area contributed by atoms with Gasteiger partial charge in [-0.05, 0) is 36.8 Å². The zero-order valence-corrected chi connectivity index (χ0v) is 8.19. The summed E-state index contributed by atoms with van der Waals surface area (Å²) >= 11 is 0. The van der Waals surface area contributed by atoms with Crippen molar-refractivity contribution < 1.29 is 5.11 Å². The van der Waals surface area contributed by atoms with Gasteiger partial charge in [0.2, 0.25) is 0 Å². The summed E-state index contributed by atoms with van der Waals surface area (Å²) in [5, 5.41) is 10.5. The molecule has 2 unspecified atom stereocenters. The molecule has 1 aromatic heterocycles. The lowest BCUT2D eigenvalue weighted by atomic mass is 10.0. The fourth-order valence-corrected chi connectivity index (χ4v) is 3.07. The minimum absolute atomic E-state index is 0.492. The van der Waals surface area contributed by atoms with Crippen LogP contribution in [0.25, 0.3) is 0 Å². The number of hydrogen-bond acceptors (Lipinski definition) is 2. The summed E-state index contributed by atoms with van der Waals surface area (Å²) in [6.45, 7) is 0. The van der Waals surface area contributed by atoms with Gasteiger partial charge < -0.3 is 5.11 Å². The van der Waals surface area contributed by atoms with Crippen LogP contribution >= 0.6 is 0 Å². The lowest BCUT2D eigenvalue weighted by molar-refractivity contribution is 0.113. The highest BCUT2D eigenvalue weighted by molar-refractivity contribution is 5.27. The quantitative estimate of drug-likeness (QED) is 0.733. The van der Waals surface area contributed by atoms with Crippen molar-refractivity contribution >= 4 is 0 Å². The largest absolute Gasteiger partial charge is 0.383 e. The van der Waals surface area contributed by atoms with Crippen LogP contribution in [0.5, 0.6) is 0 Å². The van der Waals surface area contributed by atoms with Gasteiger partial charge in [-0.1, -0.05) is 18.9 Å². The molecule has 0 aromatic carbocycles. The molecule has 1 heterocycles. The first kappa shape index (κ1) is 8.42. The highest BCUT2D eigenvalue weighted by atomic mass is 16.3. The van der Waals surface area contributed by atoms with Gasteiger partial charge in [0.05, 0.1) is 5.69 Å². The standard InChI is InChI=1S/C12H15NO/c14-12(11-7-3-4-8-13-11)9-5-1-2-6-10(9)12/h3-4,7-10,14H,1-2,5-6H2. The second-order valence-corrected chi connectivity index (χ2v) is 4.54. The maximum Gasteiger partial charge on any atom is 0.113 e. The molecule has 2 aliphatic carbocycles. The zero-order valence-electron chi connectivity index (χ0n) is 8.19. The molecule has 2 nitrogen and oxygen atoms in total. The maximum absolute atomic E-state index is 10.5. The van der Waals surface area contributed by atoms with E-state index in [2.05, 4.69) is 4.98 Å². The van der Waals surface area contributed by atoms with Crippen molar-refractivity contribution in [2.45, 2.75) is 31.3 Å². The predicted octanol–water partition coefficient (Wildman–Crippen LogP) is 2.09. The van der Waals surface area contributed by atoms with Gasteiger partial charge >= 0.3 is 0 Å². The minimum atomic E-state index is -0.572. The van der Waals surface area contributed by atoms with Crippen LogP contribution < -0.4 is 0 Å². The second kappa shape index (κ2) is 2.80. The summed E-state index contributed by atoms with van der Waals surface area (Å²) in [5.41, 5.74) is 0.314. The molecule has 2 aliphatic rings. The molecule has 0 aliphatic heterocycles. The van der Waals surface area contributed by atoms with E-state index in [0.717, 1.165) is 5.69 Å². The molecule has 74 valence electrons. The third kappa shape index (κ3) is 0.976. The Balaban J connectivity index is 1.92. The molecule has 2 heteroatoms. The number of fused-ring (bicyclic) bond motifs is 1. The normalized spacial score (nSPS) is 40.4. The summed E-state index contributed by atoms with van der Waals surface area (Å²) in [7, 11) is 0. The van der Waals surface area contributed by atoms with Crippen LogP contribution in [0.15, 0.2) is 24.4 Å². The van der Waals surface area contributed by atoms with Crippen molar-refractivity contribution in [2.24, 2.45) is 11.8 Å². The Hall–Kier alpha value is -0.890. The molecule has 0 bridgehead atoms. The molecule has 14 heavy (non-hydrogen) atoms. The maximum atomic E-state index is 10.5. The molecule has 0 radical (unpaired) electrons. The summed E-state index contributed by atoms with van der Waals surface area (Å²) < 4.78 is 0. The van der Waals surface area contributed by atoms with E-state index in [9.17, 15) is 5.11 Å². The third-order valence-electron chi connectivity index (χ3n) is 3.86.